The van der Waals surface area contributed by atoms with Gasteiger partial charge in [0.05, 0.1) is 5.56 Å². The van der Waals surface area contributed by atoms with Gasteiger partial charge in [-0.1, -0.05) is 18.3 Å². The van der Waals surface area contributed by atoms with Crippen LogP contribution in [0.3, 0.4) is 0 Å². The van der Waals surface area contributed by atoms with Gasteiger partial charge in [-0.05, 0) is 32.4 Å². The molecule has 0 radical (unpaired) electrons. The van der Waals surface area contributed by atoms with Crippen LogP contribution in [0.2, 0.25) is 0 Å². The predicted octanol–water partition coefficient (Wildman–Crippen LogP) is 2.60. The zero-order valence-corrected chi connectivity index (χ0v) is 12.2. The van der Waals surface area contributed by atoms with Crippen LogP contribution in [-0.2, 0) is 6.54 Å². The van der Waals surface area contributed by atoms with E-state index in [1.807, 2.05) is 26.1 Å². The second kappa shape index (κ2) is 5.97. The van der Waals surface area contributed by atoms with Crippen molar-refractivity contribution in [3.05, 3.63) is 28.7 Å². The molecule has 0 aliphatic heterocycles. The van der Waals surface area contributed by atoms with Gasteiger partial charge >= 0.3 is 0 Å². The van der Waals surface area contributed by atoms with Gasteiger partial charge < -0.3 is 9.88 Å². The Morgan fingerprint density at radius 2 is 2.21 bits per heavy atom. The van der Waals surface area contributed by atoms with Crippen molar-refractivity contribution in [3.63, 3.8) is 0 Å². The first-order chi connectivity index (χ1) is 9.11. The lowest BCUT2D eigenvalue weighted by molar-refractivity contribution is 0.655. The molecule has 2 rings (SSSR count). The van der Waals surface area contributed by atoms with E-state index in [0.717, 1.165) is 18.1 Å². The number of nitrogens with zero attached hydrogens (tertiary/aromatic N) is 3. The highest BCUT2D eigenvalue weighted by Gasteiger charge is 2.11. The van der Waals surface area contributed by atoms with Gasteiger partial charge in [-0.2, -0.15) is 0 Å². The number of hydrogen-bond acceptors (Lipinski definition) is 5. The molecule has 2 aromatic heterocycles. The third kappa shape index (κ3) is 3.20. The smallest absolute Gasteiger partial charge is 0.260 e. The highest BCUT2D eigenvalue weighted by Crippen LogP contribution is 2.24. The molecule has 0 saturated heterocycles. The molecule has 2 heterocycles. The van der Waals surface area contributed by atoms with Crippen LogP contribution < -0.4 is 10.9 Å². The van der Waals surface area contributed by atoms with Crippen molar-refractivity contribution in [2.24, 2.45) is 0 Å². The summed E-state index contributed by atoms with van der Waals surface area (Å²) >= 11 is 1.41. The van der Waals surface area contributed by atoms with Crippen LogP contribution in [0.5, 0.6) is 0 Å². The van der Waals surface area contributed by atoms with Crippen molar-refractivity contribution < 1.29 is 0 Å². The van der Waals surface area contributed by atoms with E-state index in [1.54, 1.807) is 10.6 Å². The Kier molecular flexibility index (Phi) is 4.31. The molecule has 0 aliphatic carbocycles. The van der Waals surface area contributed by atoms with Crippen LogP contribution in [0.4, 0.5) is 5.13 Å². The highest BCUT2D eigenvalue weighted by atomic mass is 32.1. The SMILES string of the molecule is CCCn1cccc(-c2nnc(NC(C)C)s2)c1=O. The number of aromatic nitrogens is 3. The molecular weight excluding hydrogens is 260 g/mol. The van der Waals surface area contributed by atoms with Gasteiger partial charge in [-0.15, -0.1) is 10.2 Å². The zero-order chi connectivity index (χ0) is 13.8. The average molecular weight is 278 g/mol. The quantitative estimate of drug-likeness (QED) is 0.913. The van der Waals surface area contributed by atoms with Crippen molar-refractivity contribution in [2.75, 3.05) is 5.32 Å². The number of anilines is 1. The maximum atomic E-state index is 12.3. The maximum Gasteiger partial charge on any atom is 0.260 e. The Morgan fingerprint density at radius 1 is 1.42 bits per heavy atom. The number of hydrogen-bond donors (Lipinski definition) is 1. The fourth-order valence-corrected chi connectivity index (χ4v) is 2.66. The highest BCUT2D eigenvalue weighted by molar-refractivity contribution is 7.18. The van der Waals surface area contributed by atoms with Crippen molar-refractivity contribution >= 4 is 16.5 Å². The largest absolute Gasteiger partial charge is 0.358 e. The fourth-order valence-electron chi connectivity index (χ4n) is 1.75. The first-order valence-corrected chi connectivity index (χ1v) is 7.23. The molecule has 0 saturated carbocycles. The molecule has 102 valence electrons. The molecule has 19 heavy (non-hydrogen) atoms. The second-order valence-corrected chi connectivity index (χ2v) is 5.61. The van der Waals surface area contributed by atoms with E-state index in [-0.39, 0.29) is 5.56 Å². The number of pyridine rings is 1. The monoisotopic (exact) mass is 278 g/mol. The summed E-state index contributed by atoms with van der Waals surface area (Å²) < 4.78 is 1.71. The van der Waals surface area contributed by atoms with E-state index in [0.29, 0.717) is 16.6 Å². The molecule has 0 aromatic carbocycles. The minimum Gasteiger partial charge on any atom is -0.358 e. The summed E-state index contributed by atoms with van der Waals surface area (Å²) in [5.41, 5.74) is 0.613. The first-order valence-electron chi connectivity index (χ1n) is 6.41. The van der Waals surface area contributed by atoms with Crippen molar-refractivity contribution in [1.82, 2.24) is 14.8 Å². The molecular formula is C13H18N4OS. The van der Waals surface area contributed by atoms with E-state index in [1.165, 1.54) is 11.3 Å². The molecule has 5 nitrogen and oxygen atoms in total. The van der Waals surface area contributed by atoms with E-state index < -0.39 is 0 Å². The molecule has 0 fully saturated rings. The summed E-state index contributed by atoms with van der Waals surface area (Å²) in [6, 6.07) is 3.98. The van der Waals surface area contributed by atoms with Gasteiger partial charge in [0.25, 0.3) is 5.56 Å². The normalized spacial score (nSPS) is 10.9. The fraction of sp³-hybridized carbons (Fsp3) is 0.462. The molecule has 2 aromatic rings. The molecule has 0 bridgehead atoms. The maximum absolute atomic E-state index is 12.3. The first kappa shape index (κ1) is 13.7. The summed E-state index contributed by atoms with van der Waals surface area (Å²) in [6.07, 6.45) is 2.74. The molecule has 0 amide bonds. The summed E-state index contributed by atoms with van der Waals surface area (Å²) in [7, 11) is 0. The van der Waals surface area contributed by atoms with Gasteiger partial charge in [-0.3, -0.25) is 4.79 Å². The van der Waals surface area contributed by atoms with Crippen LogP contribution in [-0.4, -0.2) is 20.8 Å². The number of aryl methyl sites for hydroxylation is 1. The lowest BCUT2D eigenvalue weighted by Crippen LogP contribution is -2.20. The molecule has 0 aliphatic rings. The Balaban J connectivity index is 2.34. The summed E-state index contributed by atoms with van der Waals surface area (Å²) in [5, 5.41) is 12.8. The van der Waals surface area contributed by atoms with Crippen LogP contribution in [0, 0.1) is 0 Å². The van der Waals surface area contributed by atoms with Crippen molar-refractivity contribution in [3.8, 4) is 10.6 Å². The van der Waals surface area contributed by atoms with Crippen molar-refractivity contribution in [2.45, 2.75) is 39.8 Å². The van der Waals surface area contributed by atoms with Gasteiger partial charge in [0, 0.05) is 18.8 Å². The predicted molar refractivity (Wildman–Crippen MR) is 78.7 cm³/mol. The van der Waals surface area contributed by atoms with E-state index >= 15 is 0 Å². The van der Waals surface area contributed by atoms with Crippen LogP contribution in [0.1, 0.15) is 27.2 Å². The third-order valence-corrected chi connectivity index (χ3v) is 3.44. The van der Waals surface area contributed by atoms with E-state index in [2.05, 4.69) is 22.4 Å². The Morgan fingerprint density at radius 3 is 2.89 bits per heavy atom. The molecule has 0 unspecified atom stereocenters. The van der Waals surface area contributed by atoms with Gasteiger partial charge in [0.15, 0.2) is 5.01 Å². The van der Waals surface area contributed by atoms with Crippen LogP contribution >= 0.6 is 11.3 Å². The molecule has 6 heteroatoms. The second-order valence-electron chi connectivity index (χ2n) is 4.63. The number of rotatable bonds is 5. The third-order valence-electron chi connectivity index (χ3n) is 2.55. The zero-order valence-electron chi connectivity index (χ0n) is 11.4. The minimum absolute atomic E-state index is 0.00315. The average Bonchev–Trinajstić information content (AvgIpc) is 2.79. The van der Waals surface area contributed by atoms with Crippen molar-refractivity contribution in [1.29, 1.82) is 0 Å². The Hall–Kier alpha value is -1.69. The Labute approximate surface area is 116 Å². The molecule has 1 N–H and O–H groups in total. The van der Waals surface area contributed by atoms with E-state index in [9.17, 15) is 4.79 Å². The van der Waals surface area contributed by atoms with E-state index in [4.69, 9.17) is 0 Å². The standard InChI is InChI=1S/C13H18N4OS/c1-4-7-17-8-5-6-10(12(17)18)11-15-16-13(19-11)14-9(2)3/h5-6,8-9H,4,7H2,1-3H3,(H,14,16). The molecule has 0 spiro atoms. The summed E-state index contributed by atoms with van der Waals surface area (Å²) in [4.78, 5) is 12.3. The van der Waals surface area contributed by atoms with Crippen LogP contribution in [0.25, 0.3) is 10.6 Å². The summed E-state index contributed by atoms with van der Waals surface area (Å²) in [5.74, 6) is 0. The lowest BCUT2D eigenvalue weighted by atomic mass is 10.3. The van der Waals surface area contributed by atoms with Gasteiger partial charge in [0.1, 0.15) is 0 Å². The van der Waals surface area contributed by atoms with Gasteiger partial charge in [-0.25, -0.2) is 0 Å². The summed E-state index contributed by atoms with van der Waals surface area (Å²) in [6.45, 7) is 6.85. The Bertz CT molecular complexity index is 603. The minimum atomic E-state index is -0.00315. The molecule has 0 atom stereocenters. The topological polar surface area (TPSA) is 59.8 Å². The van der Waals surface area contributed by atoms with Gasteiger partial charge in [0.2, 0.25) is 5.13 Å². The van der Waals surface area contributed by atoms with Crippen LogP contribution in [0.15, 0.2) is 23.1 Å². The number of nitrogens with one attached hydrogen (secondary N) is 1. The lowest BCUT2D eigenvalue weighted by Gasteiger charge is -2.04.